The van der Waals surface area contributed by atoms with Crippen LogP contribution in [0.25, 0.3) is 0 Å². The van der Waals surface area contributed by atoms with Crippen LogP contribution in [-0.4, -0.2) is 11.1 Å². The van der Waals surface area contributed by atoms with Crippen molar-refractivity contribution in [3.8, 4) is 6.07 Å². The molecule has 4 heteroatoms. The molecule has 0 amide bonds. The van der Waals surface area contributed by atoms with E-state index < -0.39 is 5.97 Å². The first-order valence-electron chi connectivity index (χ1n) is 2.46. The zero-order chi connectivity index (χ0) is 7.56. The van der Waals surface area contributed by atoms with E-state index in [1.165, 1.54) is 12.3 Å². The van der Waals surface area contributed by atoms with Gasteiger partial charge in [-0.15, -0.1) is 0 Å². The van der Waals surface area contributed by atoms with Crippen LogP contribution in [0, 0.1) is 11.3 Å². The fourth-order valence-electron chi connectivity index (χ4n) is 0.563. The molecule has 1 rings (SSSR count). The van der Waals surface area contributed by atoms with Crippen LogP contribution in [0.15, 0.2) is 16.7 Å². The summed E-state index contributed by atoms with van der Waals surface area (Å²) in [7, 11) is 0. The molecule has 0 aromatic carbocycles. The van der Waals surface area contributed by atoms with Crippen molar-refractivity contribution in [1.29, 1.82) is 5.26 Å². The lowest BCUT2D eigenvalue weighted by molar-refractivity contribution is 0.0662. The van der Waals surface area contributed by atoms with E-state index in [1.807, 2.05) is 0 Å². The van der Waals surface area contributed by atoms with Gasteiger partial charge in [0.2, 0.25) is 5.76 Å². The minimum Gasteiger partial charge on any atom is -0.475 e. The maximum Gasteiger partial charge on any atom is 0.373 e. The molecule has 0 radical (unpaired) electrons. The van der Waals surface area contributed by atoms with Gasteiger partial charge < -0.3 is 9.52 Å². The second-order valence-corrected chi connectivity index (χ2v) is 1.58. The molecule has 0 aliphatic carbocycles. The Balaban J connectivity index is 3.17. The van der Waals surface area contributed by atoms with Gasteiger partial charge in [-0.25, -0.2) is 4.79 Å². The Hall–Kier alpha value is -1.76. The molecule has 0 saturated carbocycles. The molecule has 1 aromatic rings. The van der Waals surface area contributed by atoms with Crippen LogP contribution < -0.4 is 0 Å². The molecule has 0 aliphatic heterocycles. The van der Waals surface area contributed by atoms with Gasteiger partial charge in [0.15, 0.2) is 0 Å². The largest absolute Gasteiger partial charge is 0.475 e. The quantitative estimate of drug-likeness (QED) is 0.622. The Morgan fingerprint density at radius 1 is 1.80 bits per heavy atom. The highest BCUT2D eigenvalue weighted by Gasteiger charge is 2.12. The molecule has 4 nitrogen and oxygen atoms in total. The fraction of sp³-hybridized carbons (Fsp3) is 0. The number of carboxylic acid groups (broad SMARTS) is 1. The molecule has 10 heavy (non-hydrogen) atoms. The molecule has 1 heterocycles. The smallest absolute Gasteiger partial charge is 0.373 e. The molecule has 0 saturated heterocycles. The van der Waals surface area contributed by atoms with Crippen molar-refractivity contribution in [2.75, 3.05) is 0 Å². The maximum atomic E-state index is 10.2. The van der Waals surface area contributed by atoms with E-state index in [1.54, 1.807) is 6.07 Å². The number of hydrogen-bond acceptors (Lipinski definition) is 3. The monoisotopic (exact) mass is 137 g/mol. The third kappa shape index (κ3) is 0.845. The number of carbonyl (C=O) groups is 1. The first kappa shape index (κ1) is 6.36. The maximum absolute atomic E-state index is 10.2. The minimum atomic E-state index is -1.22. The summed E-state index contributed by atoms with van der Waals surface area (Å²) in [5.41, 5.74) is 0.0486. The third-order valence-electron chi connectivity index (χ3n) is 0.980. The number of nitriles is 1. The summed E-state index contributed by atoms with van der Waals surface area (Å²) in [4.78, 5) is 10.2. The molecule has 0 spiro atoms. The normalized spacial score (nSPS) is 8.70. The lowest BCUT2D eigenvalue weighted by Crippen LogP contribution is -1.95. The Morgan fingerprint density at radius 3 is 2.90 bits per heavy atom. The first-order valence-corrected chi connectivity index (χ1v) is 2.46. The van der Waals surface area contributed by atoms with E-state index in [9.17, 15) is 4.79 Å². The standard InChI is InChI=1S/C6H3NO3/c7-3-4-1-2-10-5(4)6(8)9/h1-2H,(H,8,9). The van der Waals surface area contributed by atoms with Gasteiger partial charge in [0.1, 0.15) is 11.6 Å². The van der Waals surface area contributed by atoms with Crippen molar-refractivity contribution in [3.63, 3.8) is 0 Å². The Labute approximate surface area is 56.3 Å². The molecule has 1 N–H and O–H groups in total. The second-order valence-electron chi connectivity index (χ2n) is 1.58. The zero-order valence-corrected chi connectivity index (χ0v) is 4.87. The van der Waals surface area contributed by atoms with Gasteiger partial charge in [-0.05, 0) is 6.07 Å². The zero-order valence-electron chi connectivity index (χ0n) is 4.87. The first-order chi connectivity index (χ1) is 4.75. The molecule has 50 valence electrons. The molecular formula is C6H3NO3. The van der Waals surface area contributed by atoms with Gasteiger partial charge in [-0.2, -0.15) is 5.26 Å². The number of nitrogens with zero attached hydrogens (tertiary/aromatic N) is 1. The van der Waals surface area contributed by atoms with Crippen LogP contribution in [0.5, 0.6) is 0 Å². The van der Waals surface area contributed by atoms with E-state index in [0.29, 0.717) is 0 Å². The van der Waals surface area contributed by atoms with Crippen molar-refractivity contribution in [3.05, 3.63) is 23.7 Å². The van der Waals surface area contributed by atoms with Crippen molar-refractivity contribution < 1.29 is 14.3 Å². The molecule has 0 unspecified atom stereocenters. The summed E-state index contributed by atoms with van der Waals surface area (Å²) in [5, 5.41) is 16.6. The number of furan rings is 1. The predicted molar refractivity (Wildman–Crippen MR) is 30.4 cm³/mol. The van der Waals surface area contributed by atoms with Crippen LogP contribution in [-0.2, 0) is 0 Å². The minimum absolute atomic E-state index is 0.0486. The average molecular weight is 137 g/mol. The summed E-state index contributed by atoms with van der Waals surface area (Å²) in [6.45, 7) is 0. The lowest BCUT2D eigenvalue weighted by Gasteiger charge is -1.83. The van der Waals surface area contributed by atoms with Crippen molar-refractivity contribution in [2.24, 2.45) is 0 Å². The van der Waals surface area contributed by atoms with Crippen molar-refractivity contribution >= 4 is 5.97 Å². The van der Waals surface area contributed by atoms with Crippen LogP contribution in [0.3, 0.4) is 0 Å². The van der Waals surface area contributed by atoms with E-state index >= 15 is 0 Å². The van der Waals surface area contributed by atoms with Crippen LogP contribution in [0.2, 0.25) is 0 Å². The van der Waals surface area contributed by atoms with E-state index in [2.05, 4.69) is 4.42 Å². The summed E-state index contributed by atoms with van der Waals surface area (Å²) in [6.07, 6.45) is 1.17. The van der Waals surface area contributed by atoms with Gasteiger partial charge in [-0.1, -0.05) is 0 Å². The summed E-state index contributed by atoms with van der Waals surface area (Å²) >= 11 is 0. The molecule has 0 atom stereocenters. The summed E-state index contributed by atoms with van der Waals surface area (Å²) in [5.74, 6) is -1.52. The SMILES string of the molecule is N#Cc1ccoc1C(=O)O. The molecule has 0 aliphatic rings. The Bertz CT molecular complexity index is 294. The summed E-state index contributed by atoms with van der Waals surface area (Å²) < 4.78 is 4.49. The van der Waals surface area contributed by atoms with Crippen LogP contribution >= 0.6 is 0 Å². The van der Waals surface area contributed by atoms with Gasteiger partial charge in [0, 0.05) is 0 Å². The fourth-order valence-corrected chi connectivity index (χ4v) is 0.563. The van der Waals surface area contributed by atoms with Crippen molar-refractivity contribution in [1.82, 2.24) is 0 Å². The van der Waals surface area contributed by atoms with Crippen molar-refractivity contribution in [2.45, 2.75) is 0 Å². The number of rotatable bonds is 1. The predicted octanol–water partition coefficient (Wildman–Crippen LogP) is 0.849. The lowest BCUT2D eigenvalue weighted by atomic mass is 10.3. The molecule has 0 bridgehead atoms. The average Bonchev–Trinajstić information content (AvgIpc) is 2.33. The number of aromatic carboxylic acids is 1. The van der Waals surface area contributed by atoms with Gasteiger partial charge >= 0.3 is 5.97 Å². The highest BCUT2D eigenvalue weighted by molar-refractivity contribution is 5.87. The van der Waals surface area contributed by atoms with E-state index in [4.69, 9.17) is 10.4 Å². The van der Waals surface area contributed by atoms with Crippen LogP contribution in [0.1, 0.15) is 16.1 Å². The number of carboxylic acids is 1. The summed E-state index contributed by atoms with van der Waals surface area (Å²) in [6, 6.07) is 2.99. The van der Waals surface area contributed by atoms with E-state index in [-0.39, 0.29) is 11.3 Å². The molecule has 1 aromatic heterocycles. The van der Waals surface area contributed by atoms with Gasteiger partial charge in [-0.3, -0.25) is 0 Å². The Morgan fingerprint density at radius 2 is 2.50 bits per heavy atom. The second kappa shape index (κ2) is 2.23. The van der Waals surface area contributed by atoms with Gasteiger partial charge in [0.05, 0.1) is 6.26 Å². The highest BCUT2D eigenvalue weighted by Crippen LogP contribution is 2.07. The third-order valence-corrected chi connectivity index (χ3v) is 0.980. The van der Waals surface area contributed by atoms with Crippen LogP contribution in [0.4, 0.5) is 0 Å². The molecular weight excluding hydrogens is 134 g/mol. The highest BCUT2D eigenvalue weighted by atomic mass is 16.4. The molecule has 0 fully saturated rings. The number of hydrogen-bond donors (Lipinski definition) is 1. The topological polar surface area (TPSA) is 74.2 Å². The Kier molecular flexibility index (Phi) is 1.42. The van der Waals surface area contributed by atoms with Gasteiger partial charge in [0.25, 0.3) is 0 Å². The van der Waals surface area contributed by atoms with E-state index in [0.717, 1.165) is 0 Å².